The van der Waals surface area contributed by atoms with Gasteiger partial charge >= 0.3 is 5.97 Å². The van der Waals surface area contributed by atoms with Gasteiger partial charge in [-0.25, -0.2) is 0 Å². The van der Waals surface area contributed by atoms with Crippen LogP contribution in [0.2, 0.25) is 0 Å². The van der Waals surface area contributed by atoms with Gasteiger partial charge in [0.25, 0.3) is 11.6 Å². The minimum atomic E-state index is -0.474. The van der Waals surface area contributed by atoms with Gasteiger partial charge in [0, 0.05) is 30.2 Å². The number of nitro benzene ring substituents is 1. The van der Waals surface area contributed by atoms with Crippen molar-refractivity contribution in [2.45, 2.75) is 32.6 Å². The van der Waals surface area contributed by atoms with Crippen molar-refractivity contribution < 1.29 is 19.2 Å². The first-order valence-corrected chi connectivity index (χ1v) is 7.05. The van der Waals surface area contributed by atoms with E-state index in [0.29, 0.717) is 24.1 Å². The van der Waals surface area contributed by atoms with Gasteiger partial charge in [-0.1, -0.05) is 6.42 Å². The van der Waals surface area contributed by atoms with Gasteiger partial charge in [0.05, 0.1) is 12.0 Å². The van der Waals surface area contributed by atoms with Crippen molar-refractivity contribution in [2.24, 2.45) is 0 Å². The second-order valence-corrected chi connectivity index (χ2v) is 4.90. The van der Waals surface area contributed by atoms with Gasteiger partial charge in [-0.05, 0) is 31.9 Å². The first-order valence-electron chi connectivity index (χ1n) is 7.05. The number of nitrogens with zero attached hydrogens (tertiary/aromatic N) is 1. The summed E-state index contributed by atoms with van der Waals surface area (Å²) >= 11 is 0. The third-order valence-electron chi connectivity index (χ3n) is 3.23. The molecule has 0 bridgehead atoms. The van der Waals surface area contributed by atoms with Crippen molar-refractivity contribution in [3.05, 3.63) is 39.4 Å². The maximum Gasteiger partial charge on any atom is 0.305 e. The molecular weight excluding hydrogens is 288 g/mol. The Balaban J connectivity index is 2.35. The monoisotopic (exact) mass is 308 g/mol. The van der Waals surface area contributed by atoms with E-state index >= 15 is 0 Å². The van der Waals surface area contributed by atoms with Crippen LogP contribution in [0.15, 0.2) is 18.2 Å². The fourth-order valence-electron chi connectivity index (χ4n) is 1.98. The molecule has 120 valence electrons. The van der Waals surface area contributed by atoms with Crippen molar-refractivity contribution in [1.29, 1.82) is 0 Å². The molecule has 1 amide bonds. The molecule has 1 aromatic rings. The maximum absolute atomic E-state index is 11.9. The summed E-state index contributed by atoms with van der Waals surface area (Å²) in [7, 11) is 1.36. The van der Waals surface area contributed by atoms with Crippen LogP contribution in [0.1, 0.15) is 41.6 Å². The lowest BCUT2D eigenvalue weighted by Gasteiger charge is -2.06. The highest BCUT2D eigenvalue weighted by molar-refractivity contribution is 5.94. The Bertz CT molecular complexity index is 557. The van der Waals surface area contributed by atoms with Crippen molar-refractivity contribution >= 4 is 17.6 Å². The molecular formula is C15H20N2O5. The standard InChI is InChI=1S/C15H20N2O5/c1-11-10-12(7-8-13(11)17(20)21)15(19)16-9-5-3-4-6-14(18)22-2/h7-8,10H,3-6,9H2,1-2H3,(H,16,19). The zero-order valence-corrected chi connectivity index (χ0v) is 12.8. The highest BCUT2D eigenvalue weighted by Crippen LogP contribution is 2.18. The van der Waals surface area contributed by atoms with Crippen molar-refractivity contribution in [3.8, 4) is 0 Å². The second-order valence-electron chi connectivity index (χ2n) is 4.90. The van der Waals surface area contributed by atoms with E-state index < -0.39 is 4.92 Å². The van der Waals surface area contributed by atoms with Crippen LogP contribution < -0.4 is 5.32 Å². The molecule has 0 aliphatic carbocycles. The molecule has 1 rings (SSSR count). The van der Waals surface area contributed by atoms with Crippen molar-refractivity contribution in [2.75, 3.05) is 13.7 Å². The molecule has 0 fully saturated rings. The molecule has 7 nitrogen and oxygen atoms in total. The number of amides is 1. The third kappa shape index (κ3) is 5.51. The molecule has 22 heavy (non-hydrogen) atoms. The van der Waals surface area contributed by atoms with Gasteiger partial charge in [0.15, 0.2) is 0 Å². The number of nitrogens with one attached hydrogen (secondary N) is 1. The Morgan fingerprint density at radius 1 is 1.27 bits per heavy atom. The van der Waals surface area contributed by atoms with E-state index in [2.05, 4.69) is 10.1 Å². The summed E-state index contributed by atoms with van der Waals surface area (Å²) in [5, 5.41) is 13.5. The van der Waals surface area contributed by atoms with Crippen LogP contribution in [0.3, 0.4) is 0 Å². The lowest BCUT2D eigenvalue weighted by molar-refractivity contribution is -0.385. The average molecular weight is 308 g/mol. The van der Waals surface area contributed by atoms with E-state index in [-0.39, 0.29) is 17.6 Å². The predicted octanol–water partition coefficient (Wildman–Crippen LogP) is 2.37. The van der Waals surface area contributed by atoms with Gasteiger partial charge in [-0.2, -0.15) is 0 Å². The van der Waals surface area contributed by atoms with Crippen molar-refractivity contribution in [1.82, 2.24) is 5.32 Å². The van der Waals surface area contributed by atoms with E-state index in [1.54, 1.807) is 6.92 Å². The van der Waals surface area contributed by atoms with E-state index in [1.807, 2.05) is 0 Å². The summed E-state index contributed by atoms with van der Waals surface area (Å²) in [4.78, 5) is 33.1. The number of methoxy groups -OCH3 is 1. The Morgan fingerprint density at radius 3 is 2.59 bits per heavy atom. The molecule has 0 atom stereocenters. The Kier molecular flexibility index (Phi) is 7.01. The van der Waals surface area contributed by atoms with Gasteiger partial charge in [0.2, 0.25) is 0 Å². The smallest absolute Gasteiger partial charge is 0.305 e. The van der Waals surface area contributed by atoms with E-state index in [0.717, 1.165) is 19.3 Å². The highest BCUT2D eigenvalue weighted by atomic mass is 16.6. The van der Waals surface area contributed by atoms with E-state index in [9.17, 15) is 19.7 Å². The molecule has 0 heterocycles. The SMILES string of the molecule is COC(=O)CCCCCNC(=O)c1ccc([N+](=O)[O-])c(C)c1. The lowest BCUT2D eigenvalue weighted by Crippen LogP contribution is -2.24. The van der Waals surface area contributed by atoms with Crippen LogP contribution >= 0.6 is 0 Å². The minimum absolute atomic E-state index is 0.000592. The van der Waals surface area contributed by atoms with Crippen LogP contribution in [0.4, 0.5) is 5.69 Å². The molecule has 0 aromatic heterocycles. The molecule has 0 aliphatic rings. The molecule has 7 heteroatoms. The fraction of sp³-hybridized carbons (Fsp3) is 0.467. The third-order valence-corrected chi connectivity index (χ3v) is 3.23. The number of ether oxygens (including phenoxy) is 1. The topological polar surface area (TPSA) is 98.5 Å². The summed E-state index contributed by atoms with van der Waals surface area (Å²) in [5.74, 6) is -0.489. The Morgan fingerprint density at radius 2 is 2.00 bits per heavy atom. The first kappa shape index (κ1) is 17.6. The van der Waals surface area contributed by atoms with E-state index in [1.165, 1.54) is 25.3 Å². The van der Waals surface area contributed by atoms with Crippen LogP contribution in [-0.2, 0) is 9.53 Å². The summed E-state index contributed by atoms with van der Waals surface area (Å²) in [5.41, 5.74) is 0.854. The highest BCUT2D eigenvalue weighted by Gasteiger charge is 2.13. The van der Waals surface area contributed by atoms with Crippen LogP contribution in [0, 0.1) is 17.0 Å². The Hall–Kier alpha value is -2.44. The average Bonchev–Trinajstić information content (AvgIpc) is 2.49. The zero-order chi connectivity index (χ0) is 16.5. The quantitative estimate of drug-likeness (QED) is 0.344. The lowest BCUT2D eigenvalue weighted by atomic mass is 10.1. The molecule has 1 N–H and O–H groups in total. The predicted molar refractivity (Wildman–Crippen MR) is 80.7 cm³/mol. The van der Waals surface area contributed by atoms with Crippen LogP contribution in [0.5, 0.6) is 0 Å². The molecule has 0 unspecified atom stereocenters. The molecule has 1 aromatic carbocycles. The minimum Gasteiger partial charge on any atom is -0.469 e. The Labute approximate surface area is 128 Å². The van der Waals surface area contributed by atoms with Gasteiger partial charge in [-0.15, -0.1) is 0 Å². The normalized spacial score (nSPS) is 10.1. The number of hydrogen-bond donors (Lipinski definition) is 1. The summed E-state index contributed by atoms with van der Waals surface area (Å²) < 4.78 is 4.53. The molecule has 0 radical (unpaired) electrons. The summed E-state index contributed by atoms with van der Waals surface area (Å²) in [6, 6.07) is 4.28. The number of esters is 1. The summed E-state index contributed by atoms with van der Waals surface area (Å²) in [6.45, 7) is 2.10. The largest absolute Gasteiger partial charge is 0.469 e. The number of nitro groups is 1. The first-order chi connectivity index (χ1) is 10.5. The van der Waals surface area contributed by atoms with Gasteiger partial charge in [0.1, 0.15) is 0 Å². The van der Waals surface area contributed by atoms with Crippen LogP contribution in [-0.4, -0.2) is 30.5 Å². The molecule has 0 saturated carbocycles. The zero-order valence-electron chi connectivity index (χ0n) is 12.8. The number of rotatable bonds is 8. The number of benzene rings is 1. The number of hydrogen-bond acceptors (Lipinski definition) is 5. The maximum atomic E-state index is 11.9. The van der Waals surface area contributed by atoms with Crippen molar-refractivity contribution in [3.63, 3.8) is 0 Å². The molecule has 0 saturated heterocycles. The van der Waals surface area contributed by atoms with E-state index in [4.69, 9.17) is 0 Å². The number of carbonyl (C=O) groups excluding carboxylic acids is 2. The van der Waals surface area contributed by atoms with Crippen LogP contribution in [0.25, 0.3) is 0 Å². The second kappa shape index (κ2) is 8.76. The van der Waals surface area contributed by atoms with Gasteiger partial charge < -0.3 is 10.1 Å². The fourth-order valence-corrected chi connectivity index (χ4v) is 1.98. The van der Waals surface area contributed by atoms with Gasteiger partial charge in [-0.3, -0.25) is 19.7 Å². The molecule has 0 spiro atoms. The summed E-state index contributed by atoms with van der Waals surface area (Å²) in [6.07, 6.45) is 2.68. The molecule has 0 aliphatic heterocycles. The number of unbranched alkanes of at least 4 members (excludes halogenated alkanes) is 2. The number of carbonyl (C=O) groups is 2. The number of aryl methyl sites for hydroxylation is 1.